The molecule has 0 fully saturated rings. The zero-order valence-corrected chi connectivity index (χ0v) is 17.7. The van der Waals surface area contributed by atoms with Gasteiger partial charge in [-0.05, 0) is 44.2 Å². The number of aromatic nitrogens is 2. The minimum absolute atomic E-state index is 0.118. The van der Waals surface area contributed by atoms with Crippen molar-refractivity contribution in [2.24, 2.45) is 0 Å². The van der Waals surface area contributed by atoms with Crippen LogP contribution in [0.3, 0.4) is 0 Å². The van der Waals surface area contributed by atoms with Crippen molar-refractivity contribution >= 4 is 44.5 Å². The predicted octanol–water partition coefficient (Wildman–Crippen LogP) is 5.39. The number of aromatic hydroxyl groups is 1. The van der Waals surface area contributed by atoms with Gasteiger partial charge in [-0.1, -0.05) is 12.1 Å². The van der Waals surface area contributed by atoms with Crippen LogP contribution >= 0.6 is 22.7 Å². The van der Waals surface area contributed by atoms with Crippen LogP contribution in [-0.4, -0.2) is 28.1 Å². The maximum Gasteiger partial charge on any atom is 0.267 e. The fraction of sp³-hybridized carbons (Fsp3) is 0.190. The van der Waals surface area contributed by atoms with E-state index in [2.05, 4.69) is 15.3 Å². The van der Waals surface area contributed by atoms with Crippen molar-refractivity contribution < 1.29 is 14.6 Å². The largest absolute Gasteiger partial charge is 0.507 e. The van der Waals surface area contributed by atoms with Gasteiger partial charge in [-0.25, -0.2) is 9.97 Å². The predicted molar refractivity (Wildman–Crippen MR) is 117 cm³/mol. The molecule has 0 aliphatic rings. The van der Waals surface area contributed by atoms with Crippen LogP contribution in [0, 0.1) is 6.92 Å². The first-order valence-electron chi connectivity index (χ1n) is 8.96. The van der Waals surface area contributed by atoms with Crippen LogP contribution in [-0.2, 0) is 4.74 Å². The molecule has 0 saturated heterocycles. The van der Waals surface area contributed by atoms with E-state index in [-0.39, 0.29) is 17.8 Å². The molecule has 148 valence electrons. The van der Waals surface area contributed by atoms with Crippen LogP contribution in [0.5, 0.6) is 5.75 Å². The molecule has 0 unspecified atom stereocenters. The van der Waals surface area contributed by atoms with Crippen LogP contribution in [0.1, 0.15) is 33.4 Å². The molecule has 4 rings (SSSR count). The fourth-order valence-electron chi connectivity index (χ4n) is 2.86. The number of phenols is 1. The number of nitrogens with one attached hydrogen (secondary N) is 1. The third kappa shape index (κ3) is 3.87. The maximum atomic E-state index is 12.8. The van der Waals surface area contributed by atoms with Gasteiger partial charge in [0, 0.05) is 12.8 Å². The van der Waals surface area contributed by atoms with Crippen LogP contribution in [0.4, 0.5) is 5.69 Å². The van der Waals surface area contributed by atoms with E-state index in [1.165, 1.54) is 22.7 Å². The highest BCUT2D eigenvalue weighted by Gasteiger charge is 2.19. The van der Waals surface area contributed by atoms with Gasteiger partial charge < -0.3 is 15.2 Å². The number of carbonyl (C=O) groups excluding carboxylic acids is 1. The lowest BCUT2D eigenvalue weighted by Crippen LogP contribution is -2.11. The molecule has 2 N–H and O–H groups in total. The Bertz CT molecular complexity index is 1170. The van der Waals surface area contributed by atoms with Gasteiger partial charge in [0.2, 0.25) is 0 Å². The summed E-state index contributed by atoms with van der Waals surface area (Å²) in [5, 5.41) is 14.7. The Morgan fingerprint density at radius 1 is 1.17 bits per heavy atom. The number of thiazole rings is 2. The summed E-state index contributed by atoms with van der Waals surface area (Å²) in [4.78, 5) is 22.3. The number of hydrogen-bond acceptors (Lipinski definition) is 7. The fourth-order valence-corrected chi connectivity index (χ4v) is 4.84. The highest BCUT2D eigenvalue weighted by atomic mass is 32.1. The summed E-state index contributed by atoms with van der Waals surface area (Å²) in [6.45, 7) is 3.70. The van der Waals surface area contributed by atoms with Crippen LogP contribution < -0.4 is 5.32 Å². The molecular weight excluding hydrogens is 406 g/mol. The second-order valence-electron chi connectivity index (χ2n) is 6.52. The van der Waals surface area contributed by atoms with Gasteiger partial charge in [-0.2, -0.15) is 0 Å². The van der Waals surface area contributed by atoms with Gasteiger partial charge >= 0.3 is 0 Å². The van der Waals surface area contributed by atoms with E-state index in [9.17, 15) is 9.90 Å². The summed E-state index contributed by atoms with van der Waals surface area (Å²) in [6.07, 6.45) is -0.167. The molecule has 0 bridgehead atoms. The molecule has 0 aliphatic carbocycles. The van der Waals surface area contributed by atoms with E-state index in [1.807, 2.05) is 31.2 Å². The van der Waals surface area contributed by atoms with E-state index in [0.717, 1.165) is 15.2 Å². The number of rotatable bonds is 5. The molecule has 1 amide bonds. The average molecular weight is 426 g/mol. The molecule has 0 saturated carbocycles. The monoisotopic (exact) mass is 425 g/mol. The SMILES string of the molecule is CO[C@@H](C)c1nc(C)c(C(=O)Nc2ccc(O)c(-c3nc4ccccc4s3)c2)s1. The van der Waals surface area contributed by atoms with Crippen molar-refractivity contribution in [3.63, 3.8) is 0 Å². The summed E-state index contributed by atoms with van der Waals surface area (Å²) in [6, 6.07) is 12.8. The van der Waals surface area contributed by atoms with Gasteiger partial charge in [-0.15, -0.1) is 22.7 Å². The van der Waals surface area contributed by atoms with Gasteiger partial charge in [-0.3, -0.25) is 4.79 Å². The zero-order chi connectivity index (χ0) is 20.5. The molecule has 29 heavy (non-hydrogen) atoms. The number of aryl methyl sites for hydroxylation is 1. The summed E-state index contributed by atoms with van der Waals surface area (Å²) in [5.74, 6) is -0.122. The number of phenolic OH excluding ortho intramolecular Hbond substituents is 1. The first-order valence-corrected chi connectivity index (χ1v) is 10.6. The van der Waals surface area contributed by atoms with E-state index in [4.69, 9.17) is 4.74 Å². The molecule has 4 aromatic rings. The lowest BCUT2D eigenvalue weighted by molar-refractivity contribution is 0.102. The summed E-state index contributed by atoms with van der Waals surface area (Å²) in [5.41, 5.74) is 2.70. The number of amides is 1. The molecule has 2 aromatic carbocycles. The van der Waals surface area contributed by atoms with Crippen LogP contribution in [0.25, 0.3) is 20.8 Å². The zero-order valence-electron chi connectivity index (χ0n) is 16.1. The van der Waals surface area contributed by atoms with Gasteiger partial charge in [0.25, 0.3) is 5.91 Å². The Labute approximate surface area is 175 Å². The second-order valence-corrected chi connectivity index (χ2v) is 8.58. The van der Waals surface area contributed by atoms with Gasteiger partial charge in [0.15, 0.2) is 0 Å². The highest BCUT2D eigenvalue weighted by molar-refractivity contribution is 7.21. The van der Waals surface area contributed by atoms with E-state index in [1.54, 1.807) is 32.2 Å². The lowest BCUT2D eigenvalue weighted by Gasteiger charge is -2.07. The third-order valence-electron chi connectivity index (χ3n) is 4.50. The lowest BCUT2D eigenvalue weighted by atomic mass is 10.2. The van der Waals surface area contributed by atoms with E-state index >= 15 is 0 Å². The van der Waals surface area contributed by atoms with E-state index < -0.39 is 0 Å². The average Bonchev–Trinajstić information content (AvgIpc) is 3.32. The molecule has 2 heterocycles. The minimum Gasteiger partial charge on any atom is -0.507 e. The molecular formula is C21H19N3O3S2. The van der Waals surface area contributed by atoms with Crippen LogP contribution in [0.15, 0.2) is 42.5 Å². The normalized spacial score (nSPS) is 12.2. The second kappa shape index (κ2) is 7.90. The number of carbonyl (C=O) groups is 1. The Morgan fingerprint density at radius 3 is 2.72 bits per heavy atom. The third-order valence-corrected chi connectivity index (χ3v) is 6.89. The molecule has 6 nitrogen and oxygen atoms in total. The smallest absolute Gasteiger partial charge is 0.267 e. The summed E-state index contributed by atoms with van der Waals surface area (Å²) in [7, 11) is 1.61. The number of fused-ring (bicyclic) bond motifs is 1. The Kier molecular flexibility index (Phi) is 5.31. The number of methoxy groups -OCH3 is 1. The van der Waals surface area contributed by atoms with Crippen molar-refractivity contribution in [3.05, 3.63) is 58.0 Å². The number of hydrogen-bond donors (Lipinski definition) is 2. The maximum absolute atomic E-state index is 12.8. The number of para-hydroxylation sites is 1. The standard InChI is InChI=1S/C21H19N3O3S2/c1-11-18(29-20(22-11)12(2)27-3)19(26)23-13-8-9-16(25)14(10-13)21-24-15-6-4-5-7-17(15)28-21/h4-10,12,25H,1-3H3,(H,23,26)/t12-/m0/s1. The Balaban J connectivity index is 1.62. The van der Waals surface area contributed by atoms with Crippen molar-refractivity contribution in [1.29, 1.82) is 0 Å². The van der Waals surface area contributed by atoms with Crippen molar-refractivity contribution in [2.45, 2.75) is 20.0 Å². The summed E-state index contributed by atoms with van der Waals surface area (Å²) >= 11 is 2.81. The van der Waals surface area contributed by atoms with Crippen LogP contribution in [0.2, 0.25) is 0 Å². The molecule has 2 aromatic heterocycles. The summed E-state index contributed by atoms with van der Waals surface area (Å²) < 4.78 is 6.33. The molecule has 0 aliphatic heterocycles. The van der Waals surface area contributed by atoms with Gasteiger partial charge in [0.05, 0.1) is 21.5 Å². The van der Waals surface area contributed by atoms with Crippen molar-refractivity contribution in [2.75, 3.05) is 12.4 Å². The molecule has 1 atom stereocenters. The Morgan fingerprint density at radius 2 is 1.97 bits per heavy atom. The first-order chi connectivity index (χ1) is 14.0. The number of ether oxygens (including phenoxy) is 1. The van der Waals surface area contributed by atoms with E-state index in [0.29, 0.717) is 26.8 Å². The highest BCUT2D eigenvalue weighted by Crippen LogP contribution is 2.37. The minimum atomic E-state index is -0.240. The quantitative estimate of drug-likeness (QED) is 0.419. The first kappa shape index (κ1) is 19.5. The van der Waals surface area contributed by atoms with Crippen molar-refractivity contribution in [1.82, 2.24) is 9.97 Å². The van der Waals surface area contributed by atoms with Gasteiger partial charge in [0.1, 0.15) is 26.7 Å². The van der Waals surface area contributed by atoms with Crippen molar-refractivity contribution in [3.8, 4) is 16.3 Å². The number of anilines is 1. The Hall–Kier alpha value is -2.81. The number of benzene rings is 2. The molecule has 0 spiro atoms. The number of nitrogens with zero attached hydrogens (tertiary/aromatic N) is 2. The topological polar surface area (TPSA) is 84.3 Å². The molecule has 8 heteroatoms. The molecule has 0 radical (unpaired) electrons.